The number of ether oxygens (including phenoxy) is 2. The van der Waals surface area contributed by atoms with Crippen molar-refractivity contribution in [2.45, 2.75) is 6.04 Å². The van der Waals surface area contributed by atoms with Gasteiger partial charge in [0, 0.05) is 12.7 Å². The number of likely N-dealkylation sites (N-methyl/N-ethyl adjacent to an activating group) is 1. The van der Waals surface area contributed by atoms with E-state index < -0.39 is 0 Å². The third kappa shape index (κ3) is 4.07. The lowest BCUT2D eigenvalue weighted by atomic mass is 10.0. The van der Waals surface area contributed by atoms with Crippen molar-refractivity contribution in [3.63, 3.8) is 0 Å². The van der Waals surface area contributed by atoms with Gasteiger partial charge in [-0.1, -0.05) is 6.07 Å². The van der Waals surface area contributed by atoms with Crippen LogP contribution in [0.3, 0.4) is 0 Å². The molecule has 2 heterocycles. The average Bonchev–Trinajstić information content (AvgIpc) is 3.37. The summed E-state index contributed by atoms with van der Waals surface area (Å²) in [4.78, 5) is 14.6. The number of carbonyl (C=O) groups excluding carboxylic acids is 1. The Kier molecular flexibility index (Phi) is 5.18. The van der Waals surface area contributed by atoms with Gasteiger partial charge >= 0.3 is 0 Å². The van der Waals surface area contributed by atoms with Gasteiger partial charge in [0.1, 0.15) is 5.82 Å². The van der Waals surface area contributed by atoms with Crippen LogP contribution in [0, 0.1) is 5.82 Å². The number of nitrogens with one attached hydrogen (secondary N) is 1. The summed E-state index contributed by atoms with van der Waals surface area (Å²) >= 11 is 0. The minimum atomic E-state index is -0.322. The van der Waals surface area contributed by atoms with Crippen LogP contribution in [-0.4, -0.2) is 48.0 Å². The second-order valence-electron chi connectivity index (χ2n) is 6.95. The summed E-state index contributed by atoms with van der Waals surface area (Å²) in [5.41, 5.74) is 2.12. The number of aromatic nitrogens is 2. The number of nitrogens with zero attached hydrogens (tertiary/aromatic N) is 3. The molecule has 0 unspecified atom stereocenters. The summed E-state index contributed by atoms with van der Waals surface area (Å²) in [6, 6.07) is 11.6. The number of fused-ring (bicyclic) bond motifs is 1. The fourth-order valence-corrected chi connectivity index (χ4v) is 3.19. The average molecular weight is 396 g/mol. The van der Waals surface area contributed by atoms with Crippen molar-refractivity contribution >= 4 is 5.91 Å². The van der Waals surface area contributed by atoms with Crippen molar-refractivity contribution in [1.82, 2.24) is 20.0 Å². The number of carbonyl (C=O) groups is 1. The molecule has 7 nitrogen and oxygen atoms in total. The lowest BCUT2D eigenvalue weighted by Gasteiger charge is -2.25. The third-order valence-electron chi connectivity index (χ3n) is 4.80. The molecule has 0 saturated heterocycles. The largest absolute Gasteiger partial charge is 0.454 e. The highest BCUT2D eigenvalue weighted by Gasteiger charge is 2.20. The first-order chi connectivity index (χ1) is 14.0. The second-order valence-corrected chi connectivity index (χ2v) is 6.95. The molecule has 0 radical (unpaired) electrons. The smallest absolute Gasteiger partial charge is 0.254 e. The van der Waals surface area contributed by atoms with E-state index in [4.69, 9.17) is 9.47 Å². The maximum atomic E-state index is 13.1. The Morgan fingerprint density at radius 1 is 1.21 bits per heavy atom. The van der Waals surface area contributed by atoms with E-state index in [1.54, 1.807) is 18.3 Å². The standard InChI is InChI=1S/C21H21FN4O3/c1-25(2)18(14-3-8-19-20(9-14)29-13-28-19)11-23-21(27)15-10-24-26(12-15)17-6-4-16(22)5-7-17/h3-10,12,18H,11,13H2,1-2H3,(H,23,27)/t18-/m0/s1. The van der Waals surface area contributed by atoms with E-state index >= 15 is 0 Å². The third-order valence-corrected chi connectivity index (χ3v) is 4.80. The van der Waals surface area contributed by atoms with Crippen molar-refractivity contribution in [1.29, 1.82) is 0 Å². The molecular weight excluding hydrogens is 375 g/mol. The Morgan fingerprint density at radius 3 is 2.72 bits per heavy atom. The summed E-state index contributed by atoms with van der Waals surface area (Å²) < 4.78 is 25.4. The number of halogens is 1. The van der Waals surface area contributed by atoms with Gasteiger partial charge in [0.05, 0.1) is 23.5 Å². The first-order valence-corrected chi connectivity index (χ1v) is 9.16. The Bertz CT molecular complexity index is 1020. The molecule has 0 bridgehead atoms. The van der Waals surface area contributed by atoms with Crippen LogP contribution in [-0.2, 0) is 0 Å². The number of amides is 1. The fourth-order valence-electron chi connectivity index (χ4n) is 3.19. The van der Waals surface area contributed by atoms with E-state index in [2.05, 4.69) is 10.4 Å². The van der Waals surface area contributed by atoms with E-state index in [-0.39, 0.29) is 24.6 Å². The maximum absolute atomic E-state index is 13.1. The Labute approximate surface area is 167 Å². The van der Waals surface area contributed by atoms with Gasteiger partial charge in [-0.05, 0) is 56.1 Å². The zero-order valence-electron chi connectivity index (χ0n) is 16.1. The van der Waals surface area contributed by atoms with Gasteiger partial charge in [0.2, 0.25) is 6.79 Å². The van der Waals surface area contributed by atoms with Gasteiger partial charge in [-0.25, -0.2) is 9.07 Å². The number of hydrogen-bond acceptors (Lipinski definition) is 5. The number of hydrogen-bond donors (Lipinski definition) is 1. The van der Waals surface area contributed by atoms with E-state index in [0.29, 0.717) is 23.5 Å². The molecule has 8 heteroatoms. The molecule has 1 aromatic heterocycles. The molecule has 1 amide bonds. The molecule has 3 aromatic rings. The molecule has 1 aliphatic rings. The monoisotopic (exact) mass is 396 g/mol. The summed E-state index contributed by atoms with van der Waals surface area (Å²) in [7, 11) is 3.90. The quantitative estimate of drug-likeness (QED) is 0.694. The minimum absolute atomic E-state index is 0.0411. The van der Waals surface area contributed by atoms with E-state index in [0.717, 1.165) is 11.3 Å². The van der Waals surface area contributed by atoms with Crippen molar-refractivity contribution in [2.24, 2.45) is 0 Å². The predicted octanol–water partition coefficient (Wildman–Crippen LogP) is 2.77. The Balaban J connectivity index is 1.44. The zero-order valence-corrected chi connectivity index (χ0v) is 16.1. The summed E-state index contributed by atoms with van der Waals surface area (Å²) in [6.45, 7) is 0.632. The van der Waals surface area contributed by atoms with Crippen molar-refractivity contribution in [3.05, 3.63) is 71.8 Å². The highest BCUT2D eigenvalue weighted by Crippen LogP contribution is 2.34. The van der Waals surface area contributed by atoms with Gasteiger partial charge in [-0.15, -0.1) is 0 Å². The molecule has 29 heavy (non-hydrogen) atoms. The summed E-state index contributed by atoms with van der Waals surface area (Å²) in [6.07, 6.45) is 3.11. The Hall–Kier alpha value is -3.39. The van der Waals surface area contributed by atoms with Crippen LogP contribution in [0.15, 0.2) is 54.9 Å². The van der Waals surface area contributed by atoms with Crippen LogP contribution < -0.4 is 14.8 Å². The maximum Gasteiger partial charge on any atom is 0.254 e. The fraction of sp³-hybridized carbons (Fsp3) is 0.238. The van der Waals surface area contributed by atoms with Crippen LogP contribution in [0.4, 0.5) is 4.39 Å². The van der Waals surface area contributed by atoms with Crippen LogP contribution in [0.2, 0.25) is 0 Å². The van der Waals surface area contributed by atoms with E-state index in [9.17, 15) is 9.18 Å². The Morgan fingerprint density at radius 2 is 1.97 bits per heavy atom. The lowest BCUT2D eigenvalue weighted by Crippen LogP contribution is -2.34. The molecule has 4 rings (SSSR count). The molecular formula is C21H21FN4O3. The van der Waals surface area contributed by atoms with Crippen molar-refractivity contribution in [3.8, 4) is 17.2 Å². The van der Waals surface area contributed by atoms with Gasteiger partial charge in [-0.2, -0.15) is 5.10 Å². The summed E-state index contributed by atoms with van der Waals surface area (Å²) in [5, 5.41) is 7.14. The predicted molar refractivity (Wildman–Crippen MR) is 105 cm³/mol. The zero-order chi connectivity index (χ0) is 20.4. The van der Waals surface area contributed by atoms with Crippen molar-refractivity contribution < 1.29 is 18.7 Å². The van der Waals surface area contributed by atoms with Crippen LogP contribution in [0.5, 0.6) is 11.5 Å². The highest BCUT2D eigenvalue weighted by atomic mass is 19.1. The molecule has 150 valence electrons. The van der Waals surface area contributed by atoms with Gasteiger partial charge in [-0.3, -0.25) is 4.79 Å². The van der Waals surface area contributed by atoms with Crippen molar-refractivity contribution in [2.75, 3.05) is 27.4 Å². The number of benzene rings is 2. The molecule has 0 aliphatic carbocycles. The highest BCUT2D eigenvalue weighted by molar-refractivity contribution is 5.93. The lowest BCUT2D eigenvalue weighted by molar-refractivity contribution is 0.0942. The van der Waals surface area contributed by atoms with E-state index in [1.165, 1.54) is 23.0 Å². The van der Waals surface area contributed by atoms with Crippen LogP contribution in [0.25, 0.3) is 5.69 Å². The second kappa shape index (κ2) is 7.92. The van der Waals surface area contributed by atoms with Gasteiger partial charge in [0.25, 0.3) is 5.91 Å². The first-order valence-electron chi connectivity index (χ1n) is 9.16. The van der Waals surface area contributed by atoms with E-state index in [1.807, 2.05) is 37.2 Å². The van der Waals surface area contributed by atoms with Crippen LogP contribution >= 0.6 is 0 Å². The van der Waals surface area contributed by atoms with Crippen LogP contribution in [0.1, 0.15) is 22.0 Å². The molecule has 1 atom stereocenters. The molecule has 2 aromatic carbocycles. The SMILES string of the molecule is CN(C)[C@@H](CNC(=O)c1cnn(-c2ccc(F)cc2)c1)c1ccc2c(c1)OCO2. The minimum Gasteiger partial charge on any atom is -0.454 e. The van der Waals surface area contributed by atoms with Gasteiger partial charge < -0.3 is 19.7 Å². The first kappa shape index (κ1) is 18.9. The molecule has 1 aliphatic heterocycles. The normalized spacial score (nSPS) is 13.5. The molecule has 0 fully saturated rings. The van der Waals surface area contributed by atoms with Gasteiger partial charge in [0.15, 0.2) is 11.5 Å². The number of rotatable bonds is 6. The summed E-state index contributed by atoms with van der Waals surface area (Å²) in [5.74, 6) is 0.882. The topological polar surface area (TPSA) is 68.6 Å². The molecule has 0 spiro atoms. The molecule has 1 N–H and O–H groups in total. The molecule has 0 saturated carbocycles.